The Bertz CT molecular complexity index is 998. The van der Waals surface area contributed by atoms with Gasteiger partial charge in [0.05, 0.1) is 6.04 Å². The molecule has 150 valence electrons. The van der Waals surface area contributed by atoms with E-state index in [0.29, 0.717) is 30.9 Å². The van der Waals surface area contributed by atoms with Crippen molar-refractivity contribution in [2.24, 2.45) is 5.92 Å². The number of hydrogen-bond donors (Lipinski definition) is 3. The van der Waals surface area contributed by atoms with Crippen LogP contribution in [0.5, 0.6) is 5.75 Å². The van der Waals surface area contributed by atoms with Crippen LogP contribution in [0.4, 0.5) is 17.5 Å². The number of benzene rings is 1. The first kappa shape index (κ1) is 18.9. The molecular formula is C22H25N5O2. The van der Waals surface area contributed by atoms with Gasteiger partial charge in [-0.2, -0.15) is 4.98 Å². The van der Waals surface area contributed by atoms with Crippen LogP contribution in [0.3, 0.4) is 0 Å². The molecule has 2 aliphatic rings. The maximum Gasteiger partial charge on any atom is 0.224 e. The number of anilines is 3. The molecule has 0 radical (unpaired) electrons. The van der Waals surface area contributed by atoms with E-state index in [2.05, 4.69) is 47.6 Å². The molecule has 7 heteroatoms. The summed E-state index contributed by atoms with van der Waals surface area (Å²) < 4.78 is 5.65. The number of ether oxygens (including phenoxy) is 1. The van der Waals surface area contributed by atoms with Gasteiger partial charge in [0.2, 0.25) is 5.95 Å². The molecule has 2 aliphatic heterocycles. The second-order valence-electron chi connectivity index (χ2n) is 7.52. The van der Waals surface area contributed by atoms with Crippen LogP contribution in [-0.4, -0.2) is 34.3 Å². The van der Waals surface area contributed by atoms with Crippen LogP contribution >= 0.6 is 0 Å². The highest BCUT2D eigenvalue weighted by Gasteiger charge is 2.33. The molecule has 3 heterocycles. The summed E-state index contributed by atoms with van der Waals surface area (Å²) in [6.45, 7) is 13.5. The molecule has 1 aromatic carbocycles. The second kappa shape index (κ2) is 7.50. The first-order valence-electron chi connectivity index (χ1n) is 9.60. The number of aromatic nitrogens is 2. The Balaban J connectivity index is 1.52. The predicted octanol–water partition coefficient (Wildman–Crippen LogP) is 3.95. The minimum Gasteiger partial charge on any atom is -0.508 e. The van der Waals surface area contributed by atoms with Gasteiger partial charge in [-0.15, -0.1) is 0 Å². The van der Waals surface area contributed by atoms with Gasteiger partial charge in [-0.3, -0.25) is 4.90 Å². The maximum absolute atomic E-state index is 9.73. The fourth-order valence-corrected chi connectivity index (χ4v) is 3.50. The molecule has 2 aromatic rings. The Morgan fingerprint density at radius 2 is 2.17 bits per heavy atom. The van der Waals surface area contributed by atoms with Gasteiger partial charge in [-0.05, 0) is 48.4 Å². The maximum atomic E-state index is 9.73. The van der Waals surface area contributed by atoms with E-state index in [1.165, 1.54) is 0 Å². The van der Waals surface area contributed by atoms with Crippen LogP contribution in [0.15, 0.2) is 60.8 Å². The number of fused-ring (bicyclic) bond motifs is 1. The number of nitrogens with one attached hydrogen (secondary N) is 2. The number of phenols is 1. The molecule has 1 aromatic heterocycles. The molecular weight excluding hydrogens is 366 g/mol. The van der Waals surface area contributed by atoms with E-state index in [0.717, 1.165) is 28.3 Å². The molecule has 1 unspecified atom stereocenters. The van der Waals surface area contributed by atoms with Gasteiger partial charge in [-0.25, -0.2) is 4.98 Å². The van der Waals surface area contributed by atoms with Crippen LogP contribution in [-0.2, 0) is 4.74 Å². The summed E-state index contributed by atoms with van der Waals surface area (Å²) in [6.07, 6.45) is 3.72. The monoisotopic (exact) mass is 391 g/mol. The molecule has 3 N–H and O–H groups in total. The van der Waals surface area contributed by atoms with Crippen molar-refractivity contribution in [1.29, 1.82) is 0 Å². The predicted molar refractivity (Wildman–Crippen MR) is 116 cm³/mol. The zero-order valence-electron chi connectivity index (χ0n) is 16.6. The van der Waals surface area contributed by atoms with Gasteiger partial charge in [0.15, 0.2) is 5.88 Å². The molecule has 0 spiro atoms. The summed E-state index contributed by atoms with van der Waals surface area (Å²) in [4.78, 5) is 11.0. The zero-order chi connectivity index (χ0) is 20.5. The summed E-state index contributed by atoms with van der Waals surface area (Å²) in [6, 6.07) is 7.26. The average molecular weight is 391 g/mol. The lowest BCUT2D eigenvalue weighted by atomic mass is 10.0. The third kappa shape index (κ3) is 3.76. The van der Waals surface area contributed by atoms with Crippen LogP contribution in [0.1, 0.15) is 19.4 Å². The van der Waals surface area contributed by atoms with Crippen molar-refractivity contribution in [1.82, 2.24) is 9.97 Å². The smallest absolute Gasteiger partial charge is 0.224 e. The Kier molecular flexibility index (Phi) is 4.88. The molecule has 4 rings (SSSR count). The Morgan fingerprint density at radius 1 is 1.34 bits per heavy atom. The van der Waals surface area contributed by atoms with Crippen LogP contribution < -0.4 is 15.5 Å². The molecule has 7 nitrogen and oxygen atoms in total. The van der Waals surface area contributed by atoms with Gasteiger partial charge in [0.1, 0.15) is 18.2 Å². The van der Waals surface area contributed by atoms with E-state index in [9.17, 15) is 5.11 Å². The van der Waals surface area contributed by atoms with Crippen LogP contribution in [0, 0.1) is 5.92 Å². The van der Waals surface area contributed by atoms with E-state index >= 15 is 0 Å². The highest BCUT2D eigenvalue weighted by Crippen LogP contribution is 2.32. The normalized spacial score (nSPS) is 18.2. The molecule has 0 bridgehead atoms. The zero-order valence-corrected chi connectivity index (χ0v) is 16.6. The number of hydrogen-bond acceptors (Lipinski definition) is 7. The lowest BCUT2D eigenvalue weighted by Gasteiger charge is -2.26. The van der Waals surface area contributed by atoms with Crippen LogP contribution in [0.25, 0.3) is 6.08 Å². The van der Waals surface area contributed by atoms with Gasteiger partial charge in [-0.1, -0.05) is 20.4 Å². The largest absolute Gasteiger partial charge is 0.508 e. The van der Waals surface area contributed by atoms with Crippen molar-refractivity contribution < 1.29 is 9.84 Å². The van der Waals surface area contributed by atoms with Crippen molar-refractivity contribution in [3.63, 3.8) is 0 Å². The standard InChI is InChI=1S/C22H25N5O2/c1-13(2)20-12-29-15(4)27(20)21-7-8-23-22(26-21)24-11-17-9-16-10-18(28)5-6-19(16)25-14(17)3/h5-10,13,20,25,28H,3-4,11-12H2,1-2H3,(H,23,24,26). The highest BCUT2D eigenvalue weighted by molar-refractivity contribution is 5.79. The summed E-state index contributed by atoms with van der Waals surface area (Å²) in [5.74, 6) is 2.51. The van der Waals surface area contributed by atoms with Crippen LogP contribution in [0.2, 0.25) is 0 Å². The van der Waals surface area contributed by atoms with E-state index < -0.39 is 0 Å². The molecule has 1 fully saturated rings. The number of rotatable bonds is 5. The minimum absolute atomic E-state index is 0.194. The van der Waals surface area contributed by atoms with Gasteiger partial charge >= 0.3 is 0 Å². The summed E-state index contributed by atoms with van der Waals surface area (Å²) in [7, 11) is 0. The van der Waals surface area contributed by atoms with Gasteiger partial charge in [0.25, 0.3) is 0 Å². The molecule has 1 atom stereocenters. The van der Waals surface area contributed by atoms with Crippen molar-refractivity contribution in [2.75, 3.05) is 28.7 Å². The van der Waals surface area contributed by atoms with Gasteiger partial charge in [0, 0.05) is 29.7 Å². The van der Waals surface area contributed by atoms with Crippen molar-refractivity contribution in [2.45, 2.75) is 19.9 Å². The van der Waals surface area contributed by atoms with E-state index in [-0.39, 0.29) is 11.8 Å². The van der Waals surface area contributed by atoms with E-state index in [1.807, 2.05) is 23.1 Å². The average Bonchev–Trinajstić information content (AvgIpc) is 3.09. The Labute approximate surface area is 170 Å². The van der Waals surface area contributed by atoms with Crippen molar-refractivity contribution >= 4 is 23.5 Å². The number of aromatic hydroxyl groups is 1. The Morgan fingerprint density at radius 3 is 2.97 bits per heavy atom. The second-order valence-corrected chi connectivity index (χ2v) is 7.52. The Hall–Kier alpha value is -3.48. The molecule has 0 saturated carbocycles. The van der Waals surface area contributed by atoms with Crippen molar-refractivity contribution in [3.05, 3.63) is 66.3 Å². The number of phenolic OH excluding ortho intramolecular Hbond substituents is 1. The summed E-state index contributed by atoms with van der Waals surface area (Å²) >= 11 is 0. The quantitative estimate of drug-likeness (QED) is 0.666. The SMILES string of the molecule is C=C1Nc2ccc(O)cc2C=C1CNc1nccc(N2C(=C)OCC2C(C)C)n1. The highest BCUT2D eigenvalue weighted by atomic mass is 16.5. The molecule has 0 amide bonds. The third-order valence-corrected chi connectivity index (χ3v) is 5.15. The van der Waals surface area contributed by atoms with E-state index in [4.69, 9.17) is 4.74 Å². The lowest BCUT2D eigenvalue weighted by Crippen LogP contribution is -2.34. The number of nitrogens with zero attached hydrogens (tertiary/aromatic N) is 3. The fourth-order valence-electron chi connectivity index (χ4n) is 3.50. The van der Waals surface area contributed by atoms with Crippen molar-refractivity contribution in [3.8, 4) is 5.75 Å². The first-order valence-corrected chi connectivity index (χ1v) is 9.60. The summed E-state index contributed by atoms with van der Waals surface area (Å²) in [5, 5.41) is 16.3. The molecule has 0 aliphatic carbocycles. The molecule has 29 heavy (non-hydrogen) atoms. The van der Waals surface area contributed by atoms with Gasteiger partial charge < -0.3 is 20.5 Å². The fraction of sp³-hybridized carbons (Fsp3) is 0.273. The first-order chi connectivity index (χ1) is 13.9. The lowest BCUT2D eigenvalue weighted by molar-refractivity contribution is 0.245. The summed E-state index contributed by atoms with van der Waals surface area (Å²) in [5.41, 5.74) is 3.59. The topological polar surface area (TPSA) is 82.5 Å². The van der Waals surface area contributed by atoms with E-state index in [1.54, 1.807) is 18.3 Å². The third-order valence-electron chi connectivity index (χ3n) is 5.15. The molecule has 1 saturated heterocycles. The minimum atomic E-state index is 0.194.